The van der Waals surface area contributed by atoms with E-state index in [0.717, 1.165) is 218 Å². The number of anilines is 2. The maximum Gasteiger partial charge on any atom is 0.401 e. The standard InChI is InChI=1S/C12H24N2.C11H15ClN2.C11H17N3.C11H16N2.C10H23N3O.C9H19N3O.C9H21N3.C8H19N3.C8H18N2O.C7H13F3N2.C7H17N3.C7H16N2/c1-10(13)12-8-5-9-14(12)11-6-3-2-4-7-11;12-10-5-1-2-6-11(10)14-7-3-4-9(14)8-13;12-8-11-5-3-7-14(11)9-10-4-1-2-6-13-10;12-9-11-7-4-8-13(11)10-5-2-1-3-6-10;11-4-2-7-14-8-6-13-5-1-3-10(13)9-12;1-8(13)11-4-6-12-5-2-3-9(12)7-10;1-11(2)6-7-12-5-3-4-9(12)8-10;9-4-2-6-11-5-1-3-8(11)7-10;1-8(7-9)3-2-4-10(8)5-6-11;8-7(9,10)5-12-3-1-2-6(12)4-11;8-3-5-10-4-1-2-7(10)6-9;1-6-3-4-9(2)7(6)5-8/h10-12H,2-9,13H2,1H3;1-2,5-6,9H,3-4,7-8,13H2;1-2,4,6,11H,3,5,7-9,12H2;1-3,5-6,11H,4,7-9,12H2;10H,1-9,11-12H2;9H,2-7,10H2,1H3,(H,11,13);9H,3-8,10H2,1-2H3;8H,1-7,9-10H2;11H,2-7,9H2,1H3;6H,1-5,11H2;7H,1-6,8-9H2;6-7H,3-5,8H2,1-2H3. The lowest BCUT2D eigenvalue weighted by molar-refractivity contribution is -0.147. The Balaban J connectivity index is 0.000000283. The normalized spacial score (nSPS) is 26.5. The van der Waals surface area contributed by atoms with Crippen LogP contribution in [0.15, 0.2) is 79.0 Å². The van der Waals surface area contributed by atoms with Crippen LogP contribution in [0.5, 0.6) is 0 Å². The fourth-order valence-electron chi connectivity index (χ4n) is 23.4. The van der Waals surface area contributed by atoms with E-state index in [-0.39, 0.29) is 24.1 Å². The molecule has 3 aromatic rings. The highest BCUT2D eigenvalue weighted by atomic mass is 35.5. The van der Waals surface area contributed by atoms with Crippen LogP contribution in [0.1, 0.15) is 226 Å². The number of para-hydroxylation sites is 2. The van der Waals surface area contributed by atoms with Crippen LogP contribution in [0, 0.1) is 5.92 Å². The number of carbonyl (C=O) groups excluding carboxylic acids is 1. The van der Waals surface area contributed by atoms with Gasteiger partial charge in [-0.05, 0) is 336 Å². The van der Waals surface area contributed by atoms with Gasteiger partial charge in [-0.1, -0.05) is 74.2 Å². The van der Waals surface area contributed by atoms with E-state index in [1.165, 1.54) is 230 Å². The quantitative estimate of drug-likeness (QED) is 0.0274. The van der Waals surface area contributed by atoms with E-state index in [0.29, 0.717) is 92.6 Å². The number of nitrogens with two attached hydrogens (primary N) is 15. The number of nitrogens with zero attached hydrogens (tertiary/aromatic N) is 14. The number of hydrogen-bond donors (Lipinski definition) is 17. The molecule has 1 aliphatic carbocycles. The Bertz CT molecular complexity index is 3640. The Morgan fingerprint density at radius 2 is 0.952 bits per heavy atom. The fourth-order valence-corrected chi connectivity index (χ4v) is 23.6. The van der Waals surface area contributed by atoms with Gasteiger partial charge in [0.25, 0.3) is 0 Å². The molecule has 12 saturated heterocycles. The van der Waals surface area contributed by atoms with Crippen LogP contribution in [-0.2, 0) is 16.1 Å². The van der Waals surface area contributed by atoms with Crippen molar-refractivity contribution in [2.45, 2.75) is 317 Å². The molecule has 12 aliphatic heterocycles. The number of likely N-dealkylation sites (N-methyl/N-ethyl adjacent to an activating group) is 2. The Labute approximate surface area is 894 Å². The summed E-state index contributed by atoms with van der Waals surface area (Å²) in [7, 11) is 6.39. The van der Waals surface area contributed by atoms with E-state index < -0.39 is 12.7 Å². The zero-order valence-electron chi connectivity index (χ0n) is 93.1. The minimum absolute atomic E-state index is 0.0449. The summed E-state index contributed by atoms with van der Waals surface area (Å²) in [6.07, 6.45) is 35.2. The van der Waals surface area contributed by atoms with Crippen molar-refractivity contribution in [3.05, 3.63) is 89.7 Å². The molecule has 14 unspecified atom stereocenters. The molecule has 1 aromatic heterocycles. The van der Waals surface area contributed by atoms with Gasteiger partial charge in [0.15, 0.2) is 0 Å². The molecule has 14 atom stereocenters. The van der Waals surface area contributed by atoms with E-state index in [2.05, 4.69) is 153 Å². The summed E-state index contributed by atoms with van der Waals surface area (Å²) < 4.78 is 41.3. The number of nitrogens with one attached hydrogen (secondary N) is 1. The largest absolute Gasteiger partial charge is 0.401 e. The summed E-state index contributed by atoms with van der Waals surface area (Å²) in [5.41, 5.74) is 88.0. The highest BCUT2D eigenvalue weighted by Gasteiger charge is 2.39. The summed E-state index contributed by atoms with van der Waals surface area (Å²) in [5, 5.41) is 12.4. The smallest absolute Gasteiger partial charge is 0.395 e. The minimum Gasteiger partial charge on any atom is -0.395 e. The number of rotatable bonds is 37. The SMILES string of the molecule is CC(=O)NCCN1CCCC1CN.CC(N)C1CCCN1C1CCCCC1.CC1(CN)CCCN1CCO.CC1CCN(C)C1CN.CN(C)CCN1CCCC1CN.NCC1CCCN1CC(F)(F)F.NCC1CCCN1Cc1ccccn1.NCC1CCCN1c1ccccc1.NCC1CCCN1c1ccccc1Cl.NCCCN1CCCC1CN.NCCCOCCN1CCCC1CN.NCCN1CCCC1CN. The predicted octanol–water partition coefficient (Wildman–Crippen LogP) is 6.48. The van der Waals surface area contributed by atoms with E-state index in [1.807, 2.05) is 36.5 Å². The molecule has 2 aromatic carbocycles. The van der Waals surface area contributed by atoms with Gasteiger partial charge in [-0.15, -0.1) is 0 Å². The lowest BCUT2D eigenvalue weighted by Gasteiger charge is -2.37. The number of halogens is 4. The van der Waals surface area contributed by atoms with Gasteiger partial charge in [0.1, 0.15) is 0 Å². The number of benzene rings is 2. The summed E-state index contributed by atoms with van der Waals surface area (Å²) in [5.74, 6) is 0.850. The molecule has 854 valence electrons. The average molecular weight is 2100 g/mol. The highest BCUT2D eigenvalue weighted by Crippen LogP contribution is 2.35. The molecule has 1 amide bonds. The molecule has 16 rings (SSSR count). The van der Waals surface area contributed by atoms with Crippen LogP contribution in [0.2, 0.25) is 5.02 Å². The molecule has 13 fully saturated rings. The molecule has 32 N–H and O–H groups in total. The lowest BCUT2D eigenvalue weighted by Crippen LogP contribution is -2.48. The van der Waals surface area contributed by atoms with Crippen molar-refractivity contribution < 1.29 is 27.8 Å². The molecular weight excluding hydrogens is 1880 g/mol. The zero-order chi connectivity index (χ0) is 108. The third-order valence-electron chi connectivity index (χ3n) is 32.2. The van der Waals surface area contributed by atoms with Gasteiger partial charge in [-0.3, -0.25) is 53.9 Å². The molecule has 13 heterocycles. The van der Waals surface area contributed by atoms with Crippen LogP contribution in [0.4, 0.5) is 24.5 Å². The van der Waals surface area contributed by atoms with Gasteiger partial charge in [0, 0.05) is 253 Å². The van der Waals surface area contributed by atoms with Gasteiger partial charge < -0.3 is 121 Å². The summed E-state index contributed by atoms with van der Waals surface area (Å²) in [6, 6.07) is 31.7. The number of hydrogen-bond acceptors (Lipinski definition) is 32. The molecule has 1 saturated carbocycles. The fraction of sp³-hybridized carbons (Fsp3) is 0.836. The lowest BCUT2D eigenvalue weighted by atomic mass is 9.93. The molecule has 147 heavy (non-hydrogen) atoms. The highest BCUT2D eigenvalue weighted by molar-refractivity contribution is 6.33. The number of amides is 1. The second kappa shape index (κ2) is 78.7. The van der Waals surface area contributed by atoms with Crippen molar-refractivity contribution in [2.75, 3.05) is 280 Å². The van der Waals surface area contributed by atoms with E-state index in [1.54, 1.807) is 6.92 Å². The number of aliphatic hydroxyl groups excluding tert-OH is 1. The first-order chi connectivity index (χ1) is 71.0. The molecule has 13 aliphatic rings. The van der Waals surface area contributed by atoms with Gasteiger partial charge >= 0.3 is 6.18 Å². The second-order valence-corrected chi connectivity index (χ2v) is 43.6. The molecule has 0 spiro atoms. The molecule has 37 heteroatoms. The number of aliphatic hydroxyl groups is 1. The third kappa shape index (κ3) is 51.0. The number of aromatic nitrogens is 1. The third-order valence-corrected chi connectivity index (χ3v) is 32.5. The minimum atomic E-state index is -4.09. The van der Waals surface area contributed by atoms with Crippen molar-refractivity contribution in [2.24, 2.45) is 91.9 Å². The van der Waals surface area contributed by atoms with Crippen LogP contribution < -0.4 is 101 Å². The van der Waals surface area contributed by atoms with Gasteiger partial charge in [0.2, 0.25) is 5.91 Å². The Morgan fingerprint density at radius 3 is 1.41 bits per heavy atom. The number of likely N-dealkylation sites (tertiary alicyclic amines) is 10. The van der Waals surface area contributed by atoms with Crippen molar-refractivity contribution in [3.8, 4) is 0 Å². The number of ether oxygens (including phenoxy) is 1. The van der Waals surface area contributed by atoms with E-state index in [9.17, 15) is 18.0 Å². The van der Waals surface area contributed by atoms with Gasteiger partial charge in [-0.2, -0.15) is 13.2 Å². The topological polar surface area (TPSA) is 504 Å². The number of alkyl halides is 3. The first-order valence-corrected chi connectivity index (χ1v) is 57.8. The monoisotopic (exact) mass is 2100 g/mol. The van der Waals surface area contributed by atoms with Crippen molar-refractivity contribution in [1.82, 2.24) is 64.2 Å². The van der Waals surface area contributed by atoms with E-state index >= 15 is 0 Å². The van der Waals surface area contributed by atoms with Crippen molar-refractivity contribution >= 4 is 28.9 Å². The Kier molecular flexibility index (Phi) is 71.2. The Hall–Kier alpha value is -4.38. The van der Waals surface area contributed by atoms with Crippen LogP contribution in [0.3, 0.4) is 0 Å². The maximum atomic E-state index is 11.9. The van der Waals surface area contributed by atoms with Crippen molar-refractivity contribution in [1.29, 1.82) is 0 Å². The van der Waals surface area contributed by atoms with E-state index in [4.69, 9.17) is 107 Å². The molecule has 0 bridgehead atoms. The molecule has 0 radical (unpaired) electrons. The predicted molar refractivity (Wildman–Crippen MR) is 611 cm³/mol. The molecular formula is C110H218ClF3N30O3. The van der Waals surface area contributed by atoms with Gasteiger partial charge in [-0.25, -0.2) is 0 Å². The number of pyridine rings is 1. The van der Waals surface area contributed by atoms with Crippen LogP contribution in [-0.4, -0.2) is 430 Å². The van der Waals surface area contributed by atoms with Crippen LogP contribution >= 0.6 is 11.6 Å². The summed E-state index contributed by atoms with van der Waals surface area (Å²) in [6.45, 7) is 42.0. The zero-order valence-corrected chi connectivity index (χ0v) is 93.8. The second-order valence-electron chi connectivity index (χ2n) is 43.2. The molecule has 33 nitrogen and oxygen atoms in total. The summed E-state index contributed by atoms with van der Waals surface area (Å²) in [4.78, 5) is 45.3. The Morgan fingerprint density at radius 1 is 0.490 bits per heavy atom. The average Bonchev–Trinajstić information content (AvgIpc) is 1.70. The maximum absolute atomic E-state index is 11.9. The van der Waals surface area contributed by atoms with Crippen LogP contribution in [0.25, 0.3) is 0 Å². The summed E-state index contributed by atoms with van der Waals surface area (Å²) >= 11 is 6.14. The van der Waals surface area contributed by atoms with Gasteiger partial charge in [0.05, 0.1) is 36.2 Å². The van der Waals surface area contributed by atoms with Crippen molar-refractivity contribution in [3.63, 3.8) is 0 Å². The number of carbonyl (C=O) groups is 1. The number of β-amino-alcohol motifs (C(OH)–C–C–N with tert-alkyl or cyclic N) is 1. The first-order valence-electron chi connectivity index (χ1n) is 57.4. The first kappa shape index (κ1) is 133.